The van der Waals surface area contributed by atoms with Crippen LogP contribution in [-0.4, -0.2) is 106 Å². The summed E-state index contributed by atoms with van der Waals surface area (Å²) in [6.07, 6.45) is 2.46. The number of rotatable bonds is 7. The molecule has 1 saturated heterocycles. The monoisotopic (exact) mass is 680 g/mol. The van der Waals surface area contributed by atoms with Crippen molar-refractivity contribution >= 4 is 29.5 Å². The number of hydrogen-bond acceptors (Lipinski definition) is 8. The summed E-state index contributed by atoms with van der Waals surface area (Å²) in [6, 6.07) is 8.08. The lowest BCUT2D eigenvalue weighted by molar-refractivity contribution is -0.143. The number of nitrogens with zero attached hydrogens (tertiary/aromatic N) is 5. The number of aromatic nitrogens is 3. The van der Waals surface area contributed by atoms with Crippen molar-refractivity contribution in [2.75, 3.05) is 45.9 Å². The van der Waals surface area contributed by atoms with Gasteiger partial charge < -0.3 is 30.5 Å². The van der Waals surface area contributed by atoms with E-state index >= 15 is 0 Å². The second-order valence-corrected chi connectivity index (χ2v) is 13.1. The van der Waals surface area contributed by atoms with Crippen LogP contribution in [0.25, 0.3) is 0 Å². The first-order valence-electron chi connectivity index (χ1n) is 17.5. The zero-order valence-electron chi connectivity index (χ0n) is 29.3. The minimum absolute atomic E-state index is 0.0122. The van der Waals surface area contributed by atoms with Crippen LogP contribution in [0.5, 0.6) is 0 Å². The lowest BCUT2D eigenvalue weighted by atomic mass is 9.95. The zero-order chi connectivity index (χ0) is 35.3. The van der Waals surface area contributed by atoms with Crippen molar-refractivity contribution in [1.82, 2.24) is 40.5 Å². The van der Waals surface area contributed by atoms with Crippen LogP contribution >= 0.6 is 0 Å². The molecule has 3 N–H and O–H groups in total. The fraction of sp³-hybridized carbons (Fsp3) is 0.629. The van der Waals surface area contributed by atoms with Crippen LogP contribution in [0.3, 0.4) is 0 Å². The standard InChI is InChI=1S/C35H52N8O6/c1-5-49-23-31(46)41-19-14-27(15-20-41)35(48)42-17-9-13-29(44)38-28(21-26-11-7-6-8-12-26)34(47)39-32(24(2)3)33-37-25(4)40-43(33)22-30(45)36-16-10-18-42/h6-8,11-12,24,27-28,32H,5,9-10,13-23H2,1-4H3,(H,36,45)(H,38,44)(H,39,47)/t28-,32+/m1/s1. The molecule has 1 fully saturated rings. The number of ether oxygens (including phenoxy) is 1. The normalized spacial score (nSPS) is 20.9. The molecule has 14 nitrogen and oxygen atoms in total. The van der Waals surface area contributed by atoms with Crippen LogP contribution in [0.1, 0.15) is 76.1 Å². The minimum atomic E-state index is -0.857. The zero-order valence-corrected chi connectivity index (χ0v) is 29.3. The number of aryl methyl sites for hydroxylation is 1. The molecule has 5 amide bonds. The predicted octanol–water partition coefficient (Wildman–Crippen LogP) is 1.53. The number of likely N-dealkylation sites (tertiary alicyclic amines) is 1. The molecule has 0 aliphatic carbocycles. The quantitative estimate of drug-likeness (QED) is 0.396. The van der Waals surface area contributed by atoms with Gasteiger partial charge in [-0.05, 0) is 51.0 Å². The number of hydrogen-bond donors (Lipinski definition) is 3. The van der Waals surface area contributed by atoms with Gasteiger partial charge >= 0.3 is 0 Å². The van der Waals surface area contributed by atoms with Gasteiger partial charge in [-0.2, -0.15) is 5.10 Å². The van der Waals surface area contributed by atoms with E-state index in [1.807, 2.05) is 51.1 Å². The van der Waals surface area contributed by atoms with Gasteiger partial charge in [0.2, 0.25) is 29.5 Å². The molecule has 2 aromatic rings. The fourth-order valence-corrected chi connectivity index (χ4v) is 6.29. The van der Waals surface area contributed by atoms with Gasteiger partial charge in [-0.15, -0.1) is 0 Å². The second-order valence-electron chi connectivity index (χ2n) is 13.1. The first kappa shape index (κ1) is 37.5. The van der Waals surface area contributed by atoms with Crippen molar-refractivity contribution in [3.63, 3.8) is 0 Å². The van der Waals surface area contributed by atoms with Crippen molar-refractivity contribution in [3.05, 3.63) is 47.5 Å². The van der Waals surface area contributed by atoms with Crippen LogP contribution in [0.4, 0.5) is 0 Å². The topological polar surface area (TPSA) is 168 Å². The summed E-state index contributed by atoms with van der Waals surface area (Å²) in [5, 5.41) is 13.4. The molecule has 1 aromatic heterocycles. The van der Waals surface area contributed by atoms with Gasteiger partial charge in [-0.3, -0.25) is 24.0 Å². The molecule has 3 heterocycles. The highest BCUT2D eigenvalue weighted by Crippen LogP contribution is 2.22. The van der Waals surface area contributed by atoms with Gasteiger partial charge in [0.15, 0.2) is 5.82 Å². The Kier molecular flexibility index (Phi) is 14.1. The molecule has 14 heteroatoms. The molecule has 2 aliphatic rings. The third kappa shape index (κ3) is 11.1. The molecule has 268 valence electrons. The maximum Gasteiger partial charge on any atom is 0.248 e. The maximum absolute atomic E-state index is 13.8. The van der Waals surface area contributed by atoms with E-state index in [4.69, 9.17) is 4.74 Å². The molecule has 2 aliphatic heterocycles. The summed E-state index contributed by atoms with van der Waals surface area (Å²) < 4.78 is 6.78. The molecule has 2 atom stereocenters. The van der Waals surface area contributed by atoms with E-state index in [0.29, 0.717) is 76.7 Å². The first-order valence-corrected chi connectivity index (χ1v) is 17.5. The van der Waals surface area contributed by atoms with Crippen LogP contribution in [0.15, 0.2) is 30.3 Å². The van der Waals surface area contributed by atoms with Crippen molar-refractivity contribution < 1.29 is 28.7 Å². The number of amides is 5. The average Bonchev–Trinajstić information content (AvgIpc) is 3.45. The Balaban J connectivity index is 1.51. The van der Waals surface area contributed by atoms with Crippen LogP contribution < -0.4 is 16.0 Å². The summed E-state index contributed by atoms with van der Waals surface area (Å²) in [5.74, 6) is -0.365. The summed E-state index contributed by atoms with van der Waals surface area (Å²) >= 11 is 0. The van der Waals surface area contributed by atoms with Crippen LogP contribution in [0, 0.1) is 18.8 Å². The van der Waals surface area contributed by atoms with Gasteiger partial charge in [0.25, 0.3) is 0 Å². The van der Waals surface area contributed by atoms with E-state index in [9.17, 15) is 24.0 Å². The molecule has 49 heavy (non-hydrogen) atoms. The van der Waals surface area contributed by atoms with E-state index < -0.39 is 12.1 Å². The maximum atomic E-state index is 13.8. The SMILES string of the molecule is CCOCC(=O)N1CCC(C(=O)N2CCCNC(=O)Cn3nc(C)nc3[C@H](C(C)C)NC(=O)[C@@H](Cc3ccccc3)NC(=O)CCC2)CC1. The number of nitrogens with one attached hydrogen (secondary N) is 3. The Morgan fingerprint density at radius 2 is 1.67 bits per heavy atom. The second kappa shape index (κ2) is 18.4. The molecule has 0 spiro atoms. The summed E-state index contributed by atoms with van der Waals surface area (Å²) in [5.41, 5.74) is 0.893. The lowest BCUT2D eigenvalue weighted by Crippen LogP contribution is -2.50. The van der Waals surface area contributed by atoms with Crippen molar-refractivity contribution in [3.8, 4) is 0 Å². The van der Waals surface area contributed by atoms with Crippen LogP contribution in [0.2, 0.25) is 0 Å². The van der Waals surface area contributed by atoms with E-state index in [-0.39, 0.29) is 67.4 Å². The van der Waals surface area contributed by atoms with E-state index in [0.717, 1.165) is 5.56 Å². The molecule has 1 aromatic carbocycles. The average molecular weight is 681 g/mol. The Bertz CT molecular complexity index is 1420. The Morgan fingerprint density at radius 1 is 0.959 bits per heavy atom. The highest BCUT2D eigenvalue weighted by atomic mass is 16.5. The molecule has 4 rings (SSSR count). The third-order valence-corrected chi connectivity index (χ3v) is 8.97. The van der Waals surface area contributed by atoms with Crippen molar-refractivity contribution in [2.45, 2.75) is 84.8 Å². The van der Waals surface area contributed by atoms with Gasteiger partial charge in [-0.1, -0.05) is 44.2 Å². The molecular weight excluding hydrogens is 628 g/mol. The highest BCUT2D eigenvalue weighted by Gasteiger charge is 2.32. The van der Waals surface area contributed by atoms with E-state index in [2.05, 4.69) is 26.0 Å². The predicted molar refractivity (Wildman–Crippen MR) is 182 cm³/mol. The molecular formula is C35H52N8O6. The number of carbonyl (C=O) groups excluding carboxylic acids is 5. The largest absolute Gasteiger partial charge is 0.372 e. The third-order valence-electron chi connectivity index (χ3n) is 8.97. The molecule has 0 radical (unpaired) electrons. The number of piperidine rings is 1. The fourth-order valence-electron chi connectivity index (χ4n) is 6.29. The van der Waals surface area contributed by atoms with Gasteiger partial charge in [0.05, 0.1) is 6.04 Å². The Labute approximate surface area is 288 Å². The van der Waals surface area contributed by atoms with Crippen LogP contribution in [-0.2, 0) is 41.7 Å². The van der Waals surface area contributed by atoms with Gasteiger partial charge in [0, 0.05) is 58.1 Å². The summed E-state index contributed by atoms with van der Waals surface area (Å²) in [4.78, 5) is 74.4. The highest BCUT2D eigenvalue weighted by molar-refractivity contribution is 5.88. The van der Waals surface area contributed by atoms with Crippen molar-refractivity contribution in [2.24, 2.45) is 11.8 Å². The van der Waals surface area contributed by atoms with Gasteiger partial charge in [0.1, 0.15) is 25.0 Å². The molecule has 0 saturated carbocycles. The van der Waals surface area contributed by atoms with E-state index in [1.165, 1.54) is 4.68 Å². The number of benzene rings is 1. The summed E-state index contributed by atoms with van der Waals surface area (Å²) in [6.45, 7) is 10.0. The number of fused-ring (bicyclic) bond motifs is 1. The van der Waals surface area contributed by atoms with Gasteiger partial charge in [-0.25, -0.2) is 9.67 Å². The molecule has 0 bridgehead atoms. The Hall–Kier alpha value is -4.33. The number of carbonyl (C=O) groups is 5. The molecule has 0 unspecified atom stereocenters. The summed E-state index contributed by atoms with van der Waals surface area (Å²) in [7, 11) is 0. The van der Waals surface area contributed by atoms with E-state index in [1.54, 1.807) is 16.7 Å². The Morgan fingerprint density at radius 3 is 2.37 bits per heavy atom. The first-order chi connectivity index (χ1) is 23.5. The minimum Gasteiger partial charge on any atom is -0.372 e. The lowest BCUT2D eigenvalue weighted by Gasteiger charge is -2.34. The van der Waals surface area contributed by atoms with Crippen molar-refractivity contribution in [1.29, 1.82) is 0 Å². The smallest absolute Gasteiger partial charge is 0.248 e.